The molecule has 0 aromatic heterocycles. The lowest BCUT2D eigenvalue weighted by Gasteiger charge is -2.33. The number of rotatable bonds is 5. The van der Waals surface area contributed by atoms with Gasteiger partial charge in [0.1, 0.15) is 0 Å². The zero-order chi connectivity index (χ0) is 18.2. The fourth-order valence-corrected chi connectivity index (χ4v) is 3.00. The van der Waals surface area contributed by atoms with E-state index < -0.39 is 0 Å². The van der Waals surface area contributed by atoms with Crippen LogP contribution in [0.4, 0.5) is 5.69 Å². The molecule has 1 atom stereocenters. The molecule has 25 heavy (non-hydrogen) atoms. The van der Waals surface area contributed by atoms with Crippen LogP contribution >= 0.6 is 12.2 Å². The van der Waals surface area contributed by atoms with E-state index in [0.717, 1.165) is 25.1 Å². The predicted octanol–water partition coefficient (Wildman–Crippen LogP) is 2.84. The first-order valence-electron chi connectivity index (χ1n) is 8.54. The number of piperidine rings is 1. The summed E-state index contributed by atoms with van der Waals surface area (Å²) in [6, 6.07) is 6.96. The van der Waals surface area contributed by atoms with Crippen molar-refractivity contribution < 1.29 is 19.1 Å². The lowest BCUT2D eigenvalue weighted by Crippen LogP contribution is -2.44. The van der Waals surface area contributed by atoms with E-state index in [4.69, 9.17) is 21.7 Å². The molecule has 7 heteroatoms. The summed E-state index contributed by atoms with van der Waals surface area (Å²) in [4.78, 5) is 25.6. The minimum Gasteiger partial charge on any atom is -0.466 e. The van der Waals surface area contributed by atoms with E-state index in [0.29, 0.717) is 30.4 Å². The first-order valence-corrected chi connectivity index (χ1v) is 8.95. The summed E-state index contributed by atoms with van der Waals surface area (Å²) < 4.78 is 10.1. The quantitative estimate of drug-likeness (QED) is 0.636. The number of hydrogen-bond acceptors (Lipinski definition) is 5. The number of esters is 2. The number of anilines is 1. The van der Waals surface area contributed by atoms with Gasteiger partial charge in [-0.05, 0) is 63.2 Å². The lowest BCUT2D eigenvalue weighted by atomic mass is 9.98. The van der Waals surface area contributed by atoms with Crippen molar-refractivity contribution in [3.05, 3.63) is 29.8 Å². The van der Waals surface area contributed by atoms with Crippen molar-refractivity contribution in [3.63, 3.8) is 0 Å². The van der Waals surface area contributed by atoms with Gasteiger partial charge in [-0.3, -0.25) is 4.79 Å². The predicted molar refractivity (Wildman–Crippen MR) is 99.5 cm³/mol. The average molecular weight is 364 g/mol. The number of carbonyl (C=O) groups is 2. The molecule has 136 valence electrons. The zero-order valence-corrected chi connectivity index (χ0v) is 15.4. The van der Waals surface area contributed by atoms with Gasteiger partial charge in [-0.1, -0.05) is 0 Å². The highest BCUT2D eigenvalue weighted by Gasteiger charge is 2.28. The molecule has 1 aliphatic heterocycles. The fourth-order valence-electron chi connectivity index (χ4n) is 2.72. The van der Waals surface area contributed by atoms with Gasteiger partial charge in [0.2, 0.25) is 0 Å². The number of benzene rings is 1. The summed E-state index contributed by atoms with van der Waals surface area (Å²) in [5.41, 5.74) is 1.29. The molecule has 0 aliphatic carbocycles. The second kappa shape index (κ2) is 9.36. The van der Waals surface area contributed by atoms with Gasteiger partial charge in [0, 0.05) is 18.8 Å². The highest BCUT2D eigenvalue weighted by molar-refractivity contribution is 7.80. The van der Waals surface area contributed by atoms with Gasteiger partial charge in [-0.15, -0.1) is 0 Å². The topological polar surface area (TPSA) is 67.9 Å². The van der Waals surface area contributed by atoms with E-state index in [2.05, 4.69) is 5.32 Å². The Bertz CT molecular complexity index is 618. The van der Waals surface area contributed by atoms with E-state index in [1.807, 2.05) is 11.8 Å². The molecule has 6 nitrogen and oxygen atoms in total. The second-order valence-corrected chi connectivity index (χ2v) is 6.15. The number of ether oxygens (including phenoxy) is 2. The smallest absolute Gasteiger partial charge is 0.338 e. The molecule has 1 aromatic rings. The standard InChI is InChI=1S/C18H24N2O4S/c1-3-23-16(21)13-7-9-15(10-8-13)19-18(25)20-11-5-6-14(12-20)17(22)24-4-2/h7-10,14H,3-6,11-12H2,1-2H3,(H,19,25)/t14-/m1/s1. The summed E-state index contributed by atoms with van der Waals surface area (Å²) in [6.07, 6.45) is 1.72. The fraction of sp³-hybridized carbons (Fsp3) is 0.500. The van der Waals surface area contributed by atoms with Crippen LogP contribution in [0.3, 0.4) is 0 Å². The Morgan fingerprint density at radius 1 is 1.20 bits per heavy atom. The van der Waals surface area contributed by atoms with Crippen molar-refractivity contribution in [2.75, 3.05) is 31.6 Å². The molecular weight excluding hydrogens is 340 g/mol. The number of thiocarbonyl (C=S) groups is 1. The molecule has 1 N–H and O–H groups in total. The number of nitrogens with one attached hydrogen (secondary N) is 1. The van der Waals surface area contributed by atoms with Crippen LogP contribution in [0.5, 0.6) is 0 Å². The number of likely N-dealkylation sites (tertiary alicyclic amines) is 1. The first kappa shape index (κ1) is 19.2. The van der Waals surface area contributed by atoms with Gasteiger partial charge in [-0.2, -0.15) is 0 Å². The monoisotopic (exact) mass is 364 g/mol. The van der Waals surface area contributed by atoms with Crippen LogP contribution in [-0.4, -0.2) is 48.3 Å². The maximum Gasteiger partial charge on any atom is 0.338 e. The lowest BCUT2D eigenvalue weighted by molar-refractivity contribution is -0.149. The van der Waals surface area contributed by atoms with E-state index in [-0.39, 0.29) is 17.9 Å². The van der Waals surface area contributed by atoms with Crippen molar-refractivity contribution in [1.29, 1.82) is 0 Å². The normalized spacial score (nSPS) is 16.9. The molecule has 0 saturated carbocycles. The van der Waals surface area contributed by atoms with Crippen molar-refractivity contribution in [2.45, 2.75) is 26.7 Å². The molecule has 0 radical (unpaired) electrons. The highest BCUT2D eigenvalue weighted by atomic mass is 32.1. The number of carbonyl (C=O) groups excluding carboxylic acids is 2. The van der Waals surface area contributed by atoms with Gasteiger partial charge >= 0.3 is 11.9 Å². The third kappa shape index (κ3) is 5.42. The van der Waals surface area contributed by atoms with Crippen LogP contribution in [0.25, 0.3) is 0 Å². The Morgan fingerprint density at radius 3 is 2.52 bits per heavy atom. The van der Waals surface area contributed by atoms with Crippen LogP contribution in [0, 0.1) is 5.92 Å². The third-order valence-electron chi connectivity index (χ3n) is 3.98. The van der Waals surface area contributed by atoms with Crippen LogP contribution in [-0.2, 0) is 14.3 Å². The molecule has 0 amide bonds. The molecular formula is C18H24N2O4S. The Kier molecular flexibility index (Phi) is 7.18. The van der Waals surface area contributed by atoms with E-state index >= 15 is 0 Å². The van der Waals surface area contributed by atoms with Crippen LogP contribution < -0.4 is 5.32 Å². The van der Waals surface area contributed by atoms with Gasteiger partial charge in [0.25, 0.3) is 0 Å². The third-order valence-corrected chi connectivity index (χ3v) is 4.34. The first-order chi connectivity index (χ1) is 12.0. The van der Waals surface area contributed by atoms with Crippen molar-refractivity contribution in [1.82, 2.24) is 4.90 Å². The van der Waals surface area contributed by atoms with E-state index in [9.17, 15) is 9.59 Å². The Balaban J connectivity index is 1.92. The van der Waals surface area contributed by atoms with Crippen LogP contribution in [0.1, 0.15) is 37.0 Å². The molecule has 1 aromatic carbocycles. The largest absolute Gasteiger partial charge is 0.466 e. The Morgan fingerprint density at radius 2 is 1.88 bits per heavy atom. The maximum atomic E-state index is 11.9. The van der Waals surface area contributed by atoms with Crippen molar-refractivity contribution in [2.24, 2.45) is 5.92 Å². The highest BCUT2D eigenvalue weighted by Crippen LogP contribution is 2.19. The molecule has 1 saturated heterocycles. The van der Waals surface area contributed by atoms with Crippen LogP contribution in [0.2, 0.25) is 0 Å². The maximum absolute atomic E-state index is 11.9. The summed E-state index contributed by atoms with van der Waals surface area (Å²) in [7, 11) is 0. The summed E-state index contributed by atoms with van der Waals surface area (Å²) >= 11 is 5.46. The molecule has 1 heterocycles. The average Bonchev–Trinajstić information content (AvgIpc) is 2.63. The molecule has 0 bridgehead atoms. The number of hydrogen-bond donors (Lipinski definition) is 1. The zero-order valence-electron chi connectivity index (χ0n) is 14.6. The molecule has 1 aliphatic rings. The van der Waals surface area contributed by atoms with Gasteiger partial charge in [0.15, 0.2) is 5.11 Å². The summed E-state index contributed by atoms with van der Waals surface area (Å²) in [5, 5.41) is 3.72. The second-order valence-electron chi connectivity index (χ2n) is 5.77. The van der Waals surface area contributed by atoms with Crippen molar-refractivity contribution >= 4 is 35.0 Å². The summed E-state index contributed by atoms with van der Waals surface area (Å²) in [5.74, 6) is -0.640. The Hall–Kier alpha value is -2.15. The van der Waals surface area contributed by atoms with Crippen LogP contribution in [0.15, 0.2) is 24.3 Å². The summed E-state index contributed by atoms with van der Waals surface area (Å²) in [6.45, 7) is 5.69. The van der Waals surface area contributed by atoms with Gasteiger partial charge < -0.3 is 19.7 Å². The number of nitrogens with zero attached hydrogens (tertiary/aromatic N) is 1. The minimum atomic E-state index is -0.343. The molecule has 2 rings (SSSR count). The van der Waals surface area contributed by atoms with E-state index in [1.54, 1.807) is 31.2 Å². The Labute approximate surface area is 153 Å². The molecule has 0 spiro atoms. The van der Waals surface area contributed by atoms with Crippen molar-refractivity contribution in [3.8, 4) is 0 Å². The van der Waals surface area contributed by atoms with Gasteiger partial charge in [0.05, 0.1) is 24.7 Å². The molecule has 1 fully saturated rings. The SMILES string of the molecule is CCOC(=O)c1ccc(NC(=S)N2CCC[C@@H](C(=O)OCC)C2)cc1. The minimum absolute atomic E-state index is 0.139. The van der Waals surface area contributed by atoms with Gasteiger partial charge in [-0.25, -0.2) is 4.79 Å². The molecule has 0 unspecified atom stereocenters. The van der Waals surface area contributed by atoms with E-state index in [1.165, 1.54) is 0 Å².